The number of hydrogen-bond donors (Lipinski definition) is 1. The third-order valence-corrected chi connectivity index (χ3v) is 4.03. The van der Waals surface area contributed by atoms with Crippen LogP contribution in [0.1, 0.15) is 18.4 Å². The van der Waals surface area contributed by atoms with E-state index < -0.39 is 0 Å². The quantitative estimate of drug-likeness (QED) is 0.836. The molecule has 1 saturated heterocycles. The molecule has 0 unspecified atom stereocenters. The lowest BCUT2D eigenvalue weighted by atomic mass is 10.2. The first-order chi connectivity index (χ1) is 12.2. The number of nitrogens with one attached hydrogen (secondary N) is 1. The predicted octanol–water partition coefficient (Wildman–Crippen LogP) is 3.57. The molecule has 1 fully saturated rings. The summed E-state index contributed by atoms with van der Waals surface area (Å²) < 4.78 is 16.8. The van der Waals surface area contributed by atoms with Gasteiger partial charge >= 0.3 is 0 Å². The molecule has 1 amide bonds. The summed E-state index contributed by atoms with van der Waals surface area (Å²) in [6, 6.07) is 15.0. The second kappa shape index (κ2) is 8.53. The van der Waals surface area contributed by atoms with Gasteiger partial charge in [-0.1, -0.05) is 24.3 Å². The molecule has 1 N–H and O–H groups in total. The summed E-state index contributed by atoms with van der Waals surface area (Å²) in [7, 11) is 0. The van der Waals surface area contributed by atoms with Gasteiger partial charge in [-0.15, -0.1) is 0 Å². The lowest BCUT2D eigenvalue weighted by Gasteiger charge is -2.13. The molecule has 0 aliphatic carbocycles. The fourth-order valence-corrected chi connectivity index (χ4v) is 2.69. The Balaban J connectivity index is 1.49. The third-order valence-electron chi connectivity index (χ3n) is 4.03. The van der Waals surface area contributed by atoms with E-state index in [1.165, 1.54) is 0 Å². The van der Waals surface area contributed by atoms with Crippen LogP contribution in [0.5, 0.6) is 11.5 Å². The predicted molar refractivity (Wildman–Crippen MR) is 96.2 cm³/mol. The molecule has 1 aliphatic rings. The molecule has 2 aromatic rings. The standard InChI is InChI=1S/C20H23NO4/c1-15-6-2-3-10-19(15)25-14-20(22)21-16-7-4-8-17(12-16)24-13-18-9-5-11-23-18/h2-4,6-8,10,12,18H,5,9,11,13-14H2,1H3,(H,21,22)/t18-/m0/s1. The number of para-hydroxylation sites is 1. The van der Waals surface area contributed by atoms with E-state index in [2.05, 4.69) is 5.32 Å². The van der Waals surface area contributed by atoms with Crippen LogP contribution in [-0.2, 0) is 9.53 Å². The maximum Gasteiger partial charge on any atom is 0.262 e. The van der Waals surface area contributed by atoms with Crippen molar-refractivity contribution in [2.75, 3.05) is 25.1 Å². The van der Waals surface area contributed by atoms with Crippen molar-refractivity contribution in [1.29, 1.82) is 0 Å². The molecule has 25 heavy (non-hydrogen) atoms. The van der Waals surface area contributed by atoms with Crippen LogP contribution in [0.15, 0.2) is 48.5 Å². The fraction of sp³-hybridized carbons (Fsp3) is 0.350. The van der Waals surface area contributed by atoms with Gasteiger partial charge in [-0.25, -0.2) is 0 Å². The number of benzene rings is 2. The topological polar surface area (TPSA) is 56.8 Å². The monoisotopic (exact) mass is 341 g/mol. The van der Waals surface area contributed by atoms with Crippen molar-refractivity contribution in [3.63, 3.8) is 0 Å². The van der Waals surface area contributed by atoms with E-state index in [4.69, 9.17) is 14.2 Å². The first-order valence-electron chi connectivity index (χ1n) is 8.53. The highest BCUT2D eigenvalue weighted by molar-refractivity contribution is 5.92. The van der Waals surface area contributed by atoms with Gasteiger partial charge in [0.05, 0.1) is 6.10 Å². The Hall–Kier alpha value is -2.53. The van der Waals surface area contributed by atoms with E-state index >= 15 is 0 Å². The average Bonchev–Trinajstić information content (AvgIpc) is 3.13. The minimum Gasteiger partial charge on any atom is -0.491 e. The Morgan fingerprint density at radius 3 is 2.88 bits per heavy atom. The van der Waals surface area contributed by atoms with Crippen LogP contribution in [0.25, 0.3) is 0 Å². The molecule has 0 spiro atoms. The minimum atomic E-state index is -0.209. The Kier molecular flexibility index (Phi) is 5.90. The summed E-state index contributed by atoms with van der Waals surface area (Å²) in [4.78, 5) is 12.1. The zero-order valence-electron chi connectivity index (χ0n) is 14.4. The maximum absolute atomic E-state index is 12.1. The molecule has 5 heteroatoms. The molecule has 1 aliphatic heterocycles. The molecule has 1 heterocycles. The second-order valence-corrected chi connectivity index (χ2v) is 6.08. The highest BCUT2D eigenvalue weighted by atomic mass is 16.5. The average molecular weight is 341 g/mol. The molecule has 3 rings (SSSR count). The zero-order chi connectivity index (χ0) is 17.5. The van der Waals surface area contributed by atoms with Gasteiger partial charge < -0.3 is 19.5 Å². The Morgan fingerprint density at radius 1 is 1.20 bits per heavy atom. The highest BCUT2D eigenvalue weighted by Crippen LogP contribution is 2.20. The van der Waals surface area contributed by atoms with Crippen molar-refractivity contribution >= 4 is 11.6 Å². The Bertz CT molecular complexity index is 710. The fourth-order valence-electron chi connectivity index (χ4n) is 2.69. The number of rotatable bonds is 7. The smallest absolute Gasteiger partial charge is 0.262 e. The number of carbonyl (C=O) groups excluding carboxylic acids is 1. The van der Waals surface area contributed by atoms with Crippen LogP contribution >= 0.6 is 0 Å². The van der Waals surface area contributed by atoms with Gasteiger partial charge in [0.15, 0.2) is 6.61 Å². The normalized spacial score (nSPS) is 16.4. The minimum absolute atomic E-state index is 0.0359. The van der Waals surface area contributed by atoms with E-state index in [0.717, 1.165) is 25.0 Å². The summed E-state index contributed by atoms with van der Waals surface area (Å²) in [5.74, 6) is 1.22. The number of ether oxygens (including phenoxy) is 3. The molecule has 2 aromatic carbocycles. The first-order valence-corrected chi connectivity index (χ1v) is 8.53. The summed E-state index contributed by atoms with van der Waals surface area (Å²) in [5.41, 5.74) is 1.68. The van der Waals surface area contributed by atoms with Crippen LogP contribution in [-0.4, -0.2) is 31.8 Å². The Morgan fingerprint density at radius 2 is 2.08 bits per heavy atom. The van der Waals surface area contributed by atoms with Gasteiger partial charge in [-0.2, -0.15) is 0 Å². The summed E-state index contributed by atoms with van der Waals surface area (Å²) in [6.07, 6.45) is 2.29. The maximum atomic E-state index is 12.1. The van der Waals surface area contributed by atoms with E-state index in [-0.39, 0.29) is 18.6 Å². The summed E-state index contributed by atoms with van der Waals surface area (Å²) >= 11 is 0. The van der Waals surface area contributed by atoms with Crippen molar-refractivity contribution in [2.24, 2.45) is 0 Å². The highest BCUT2D eigenvalue weighted by Gasteiger charge is 2.16. The van der Waals surface area contributed by atoms with Crippen molar-refractivity contribution in [1.82, 2.24) is 0 Å². The van der Waals surface area contributed by atoms with Crippen molar-refractivity contribution in [3.05, 3.63) is 54.1 Å². The van der Waals surface area contributed by atoms with Gasteiger partial charge in [0, 0.05) is 18.4 Å². The first kappa shape index (κ1) is 17.3. The van der Waals surface area contributed by atoms with Gasteiger partial charge in [-0.05, 0) is 43.5 Å². The molecule has 0 saturated carbocycles. The zero-order valence-corrected chi connectivity index (χ0v) is 14.4. The van der Waals surface area contributed by atoms with E-state index in [9.17, 15) is 4.79 Å². The van der Waals surface area contributed by atoms with Gasteiger partial charge in [0.2, 0.25) is 0 Å². The van der Waals surface area contributed by atoms with Crippen LogP contribution in [0.2, 0.25) is 0 Å². The molecule has 0 radical (unpaired) electrons. The second-order valence-electron chi connectivity index (χ2n) is 6.08. The number of carbonyl (C=O) groups is 1. The Labute approximate surface area is 147 Å². The van der Waals surface area contributed by atoms with E-state index in [1.54, 1.807) is 6.07 Å². The largest absolute Gasteiger partial charge is 0.491 e. The van der Waals surface area contributed by atoms with Crippen molar-refractivity contribution in [3.8, 4) is 11.5 Å². The summed E-state index contributed by atoms with van der Waals surface area (Å²) in [5, 5.41) is 2.82. The summed E-state index contributed by atoms with van der Waals surface area (Å²) in [6.45, 7) is 3.26. The van der Waals surface area contributed by atoms with E-state index in [0.29, 0.717) is 23.8 Å². The third kappa shape index (κ3) is 5.22. The number of aryl methyl sites for hydroxylation is 1. The van der Waals surface area contributed by atoms with Gasteiger partial charge in [0.1, 0.15) is 18.1 Å². The van der Waals surface area contributed by atoms with Gasteiger partial charge in [0.25, 0.3) is 5.91 Å². The molecule has 0 aromatic heterocycles. The molecule has 0 bridgehead atoms. The van der Waals surface area contributed by atoms with Crippen molar-refractivity contribution in [2.45, 2.75) is 25.9 Å². The number of anilines is 1. The lowest BCUT2D eigenvalue weighted by Crippen LogP contribution is -2.20. The van der Waals surface area contributed by atoms with Crippen LogP contribution in [0, 0.1) is 6.92 Å². The van der Waals surface area contributed by atoms with Crippen LogP contribution in [0.3, 0.4) is 0 Å². The SMILES string of the molecule is Cc1ccccc1OCC(=O)Nc1cccc(OC[C@@H]2CCCO2)c1. The number of hydrogen-bond acceptors (Lipinski definition) is 4. The lowest BCUT2D eigenvalue weighted by molar-refractivity contribution is -0.118. The molecule has 5 nitrogen and oxygen atoms in total. The van der Waals surface area contributed by atoms with E-state index in [1.807, 2.05) is 49.4 Å². The number of amides is 1. The molecule has 132 valence electrons. The van der Waals surface area contributed by atoms with Crippen LogP contribution in [0.4, 0.5) is 5.69 Å². The molecular weight excluding hydrogens is 318 g/mol. The van der Waals surface area contributed by atoms with Crippen molar-refractivity contribution < 1.29 is 19.0 Å². The van der Waals surface area contributed by atoms with Gasteiger partial charge in [-0.3, -0.25) is 4.79 Å². The molecular formula is C20H23NO4. The molecule has 1 atom stereocenters. The van der Waals surface area contributed by atoms with Crippen LogP contribution < -0.4 is 14.8 Å².